The van der Waals surface area contributed by atoms with Gasteiger partial charge in [-0.25, -0.2) is 10.2 Å². The Hall–Kier alpha value is -4.40. The van der Waals surface area contributed by atoms with E-state index in [-0.39, 0.29) is 5.75 Å². The molecule has 1 heterocycles. The molecular formula is C32H25BrClN3O4. The molecule has 5 aromatic rings. The number of para-hydroxylation sites is 1. The number of halogens is 2. The van der Waals surface area contributed by atoms with Gasteiger partial charge in [0.15, 0.2) is 0 Å². The predicted molar refractivity (Wildman–Crippen MR) is 165 cm³/mol. The molecule has 0 unspecified atom stereocenters. The van der Waals surface area contributed by atoms with Crippen LogP contribution in [0.15, 0.2) is 94.5 Å². The topological polar surface area (TPSA) is 92.8 Å². The van der Waals surface area contributed by atoms with Crippen LogP contribution in [0.4, 0.5) is 0 Å². The summed E-state index contributed by atoms with van der Waals surface area (Å²) < 4.78 is 11.5. The zero-order valence-electron chi connectivity index (χ0n) is 22.2. The van der Waals surface area contributed by atoms with E-state index in [1.807, 2.05) is 36.4 Å². The number of hydrazone groups is 1. The molecule has 0 bridgehead atoms. The lowest BCUT2D eigenvalue weighted by Crippen LogP contribution is -2.19. The highest BCUT2D eigenvalue weighted by molar-refractivity contribution is 9.10. The van der Waals surface area contributed by atoms with E-state index in [2.05, 4.69) is 38.4 Å². The van der Waals surface area contributed by atoms with Crippen molar-refractivity contribution in [2.75, 3.05) is 7.11 Å². The maximum absolute atomic E-state index is 13.5. The molecule has 206 valence electrons. The molecule has 7 nitrogen and oxygen atoms in total. The van der Waals surface area contributed by atoms with Gasteiger partial charge in [-0.2, -0.15) is 5.10 Å². The zero-order valence-corrected chi connectivity index (χ0v) is 24.5. The molecule has 9 heteroatoms. The summed E-state index contributed by atoms with van der Waals surface area (Å²) in [6.07, 6.45) is 2.22. The second-order valence-corrected chi connectivity index (χ2v) is 10.4. The Balaban J connectivity index is 1.43. The van der Waals surface area contributed by atoms with Crippen LogP contribution in [-0.2, 0) is 6.42 Å². The number of amides is 1. The molecule has 0 radical (unpaired) electrons. The van der Waals surface area contributed by atoms with Crippen LogP contribution >= 0.6 is 27.5 Å². The Morgan fingerprint density at radius 3 is 2.54 bits per heavy atom. The molecule has 4 aromatic carbocycles. The second-order valence-electron chi connectivity index (χ2n) is 9.05. The monoisotopic (exact) mass is 629 g/mol. The normalized spacial score (nSPS) is 11.1. The fourth-order valence-corrected chi connectivity index (χ4v) is 5.11. The lowest BCUT2D eigenvalue weighted by Gasteiger charge is -2.09. The van der Waals surface area contributed by atoms with Crippen LogP contribution in [0.2, 0.25) is 5.02 Å². The van der Waals surface area contributed by atoms with Crippen LogP contribution in [0.25, 0.3) is 22.0 Å². The summed E-state index contributed by atoms with van der Waals surface area (Å²) >= 11 is 9.99. The van der Waals surface area contributed by atoms with Crippen molar-refractivity contribution in [2.24, 2.45) is 5.10 Å². The number of esters is 1. The summed E-state index contributed by atoms with van der Waals surface area (Å²) in [5, 5.41) is 5.61. The molecule has 0 saturated carbocycles. The number of carbonyl (C=O) groups excluding carboxylic acids is 2. The molecule has 0 aliphatic rings. The minimum Gasteiger partial charge on any atom is -0.497 e. The Kier molecular flexibility index (Phi) is 8.52. The van der Waals surface area contributed by atoms with Crippen LogP contribution in [-0.4, -0.2) is 30.2 Å². The molecule has 0 aliphatic heterocycles. The highest BCUT2D eigenvalue weighted by Crippen LogP contribution is 2.37. The molecule has 0 fully saturated rings. The van der Waals surface area contributed by atoms with Crippen molar-refractivity contribution in [3.05, 3.63) is 117 Å². The number of fused-ring (bicyclic) bond motifs is 1. The van der Waals surface area contributed by atoms with E-state index in [0.717, 1.165) is 32.9 Å². The quantitative estimate of drug-likeness (QED) is 0.0792. The van der Waals surface area contributed by atoms with E-state index >= 15 is 0 Å². The maximum atomic E-state index is 13.5. The third-order valence-electron chi connectivity index (χ3n) is 6.54. The number of hydrogen-bond acceptors (Lipinski definition) is 5. The third-order valence-corrected chi connectivity index (χ3v) is 7.36. The number of nitrogens with one attached hydrogen (secondary N) is 2. The first-order chi connectivity index (χ1) is 19.9. The van der Waals surface area contributed by atoms with Crippen molar-refractivity contribution >= 4 is 56.5 Å². The Labute approximate surface area is 250 Å². The van der Waals surface area contributed by atoms with Gasteiger partial charge in [-0.3, -0.25) is 4.79 Å². The highest BCUT2D eigenvalue weighted by atomic mass is 79.9. The number of carbonyl (C=O) groups is 2. The number of benzene rings is 4. The zero-order chi connectivity index (χ0) is 28.9. The molecule has 1 amide bonds. The maximum Gasteiger partial charge on any atom is 0.343 e. The van der Waals surface area contributed by atoms with Crippen molar-refractivity contribution in [2.45, 2.75) is 13.3 Å². The van der Waals surface area contributed by atoms with E-state index in [1.165, 1.54) is 6.21 Å². The summed E-state index contributed by atoms with van der Waals surface area (Å²) in [4.78, 5) is 29.5. The highest BCUT2D eigenvalue weighted by Gasteiger charge is 2.22. The molecule has 1 aromatic heterocycles. The number of aromatic amines is 1. The molecule has 2 N–H and O–H groups in total. The fraction of sp³-hybridized carbons (Fsp3) is 0.0938. The standard InChI is InChI=1S/C32H25BrClN3O4/c1-3-19-7-6-9-25-28(24-8-4-5-10-26(24)34)30(36-29(19)25)31(38)37-35-18-21-17-22(33)13-16-27(21)41-32(39)20-11-14-23(40-2)15-12-20/h4-18,36H,3H2,1-2H3,(H,37,38). The fourth-order valence-electron chi connectivity index (χ4n) is 4.50. The van der Waals surface area contributed by atoms with Crippen molar-refractivity contribution in [1.82, 2.24) is 10.4 Å². The van der Waals surface area contributed by atoms with Gasteiger partial charge < -0.3 is 14.5 Å². The molecule has 0 spiro atoms. The number of aromatic nitrogens is 1. The van der Waals surface area contributed by atoms with Crippen LogP contribution in [0.1, 0.15) is 38.9 Å². The number of hydrogen-bond donors (Lipinski definition) is 2. The van der Waals surface area contributed by atoms with E-state index < -0.39 is 11.9 Å². The van der Waals surface area contributed by atoms with Gasteiger partial charge in [0.05, 0.1) is 18.9 Å². The lowest BCUT2D eigenvalue weighted by molar-refractivity contribution is 0.0734. The van der Waals surface area contributed by atoms with Gasteiger partial charge in [0.2, 0.25) is 0 Å². The lowest BCUT2D eigenvalue weighted by atomic mass is 9.99. The van der Waals surface area contributed by atoms with Crippen LogP contribution < -0.4 is 14.9 Å². The van der Waals surface area contributed by atoms with Crippen LogP contribution in [0.3, 0.4) is 0 Å². The van der Waals surface area contributed by atoms with Crippen LogP contribution in [0.5, 0.6) is 11.5 Å². The average molecular weight is 631 g/mol. The smallest absolute Gasteiger partial charge is 0.343 e. The largest absolute Gasteiger partial charge is 0.497 e. The SMILES string of the molecule is CCc1cccc2c(-c3ccccc3Cl)c(C(=O)NN=Cc3cc(Br)ccc3OC(=O)c3ccc(OC)cc3)[nH]c12. The van der Waals surface area contributed by atoms with Crippen molar-refractivity contribution in [3.8, 4) is 22.6 Å². The summed E-state index contributed by atoms with van der Waals surface area (Å²) in [5.41, 5.74) is 7.18. The van der Waals surface area contributed by atoms with Crippen molar-refractivity contribution < 1.29 is 19.1 Å². The number of H-pyrrole nitrogens is 1. The van der Waals surface area contributed by atoms with E-state index in [1.54, 1.807) is 55.6 Å². The molecule has 0 aliphatic carbocycles. The summed E-state index contributed by atoms with van der Waals surface area (Å²) in [5.74, 6) is -0.0710. The first-order valence-corrected chi connectivity index (χ1v) is 13.9. The van der Waals surface area contributed by atoms with Gasteiger partial charge in [-0.1, -0.05) is 70.9 Å². The summed E-state index contributed by atoms with van der Waals surface area (Å²) in [7, 11) is 1.55. The van der Waals surface area contributed by atoms with Gasteiger partial charge in [0.1, 0.15) is 17.2 Å². The summed E-state index contributed by atoms with van der Waals surface area (Å²) in [6.45, 7) is 2.06. The summed E-state index contributed by atoms with van der Waals surface area (Å²) in [6, 6.07) is 25.1. The van der Waals surface area contributed by atoms with Gasteiger partial charge in [0.25, 0.3) is 5.91 Å². The van der Waals surface area contributed by atoms with Crippen LogP contribution in [0, 0.1) is 0 Å². The number of ether oxygens (including phenoxy) is 2. The van der Waals surface area contributed by atoms with Gasteiger partial charge in [-0.15, -0.1) is 0 Å². The number of rotatable bonds is 8. The third kappa shape index (κ3) is 6.04. The van der Waals surface area contributed by atoms with E-state index in [0.29, 0.717) is 33.2 Å². The predicted octanol–water partition coefficient (Wildman–Crippen LogP) is 7.80. The van der Waals surface area contributed by atoms with Gasteiger partial charge in [-0.05, 0) is 60.5 Å². The Morgan fingerprint density at radius 1 is 1.02 bits per heavy atom. The Bertz CT molecular complexity index is 1780. The molecule has 41 heavy (non-hydrogen) atoms. The van der Waals surface area contributed by atoms with E-state index in [4.69, 9.17) is 21.1 Å². The first kappa shape index (κ1) is 28.1. The number of nitrogens with zero attached hydrogens (tertiary/aromatic N) is 1. The van der Waals surface area contributed by atoms with Gasteiger partial charge in [0, 0.05) is 37.1 Å². The van der Waals surface area contributed by atoms with Gasteiger partial charge >= 0.3 is 5.97 Å². The number of methoxy groups -OCH3 is 1. The average Bonchev–Trinajstić information content (AvgIpc) is 3.38. The molecular weight excluding hydrogens is 606 g/mol. The second kappa shape index (κ2) is 12.4. The molecule has 0 atom stereocenters. The Morgan fingerprint density at radius 2 is 1.80 bits per heavy atom. The minimum absolute atomic E-state index is 0.280. The number of aryl methyl sites for hydroxylation is 1. The van der Waals surface area contributed by atoms with Crippen molar-refractivity contribution in [3.63, 3.8) is 0 Å². The minimum atomic E-state index is -0.539. The molecule has 0 saturated heterocycles. The molecule has 5 rings (SSSR count). The van der Waals surface area contributed by atoms with E-state index in [9.17, 15) is 9.59 Å². The van der Waals surface area contributed by atoms with Crippen molar-refractivity contribution in [1.29, 1.82) is 0 Å². The first-order valence-electron chi connectivity index (χ1n) is 12.8.